The van der Waals surface area contributed by atoms with Gasteiger partial charge in [-0.2, -0.15) is 0 Å². The van der Waals surface area contributed by atoms with Crippen LogP contribution in [0.15, 0.2) is 48.1 Å². The van der Waals surface area contributed by atoms with Crippen LogP contribution in [-0.4, -0.2) is 22.1 Å². The molecule has 0 spiro atoms. The average Bonchev–Trinajstić information content (AvgIpc) is 2.34. The van der Waals surface area contributed by atoms with Crippen LogP contribution in [0, 0.1) is 10.1 Å². The zero-order valence-corrected chi connectivity index (χ0v) is 9.55. The summed E-state index contributed by atoms with van der Waals surface area (Å²) in [4.78, 5) is 35.4. The van der Waals surface area contributed by atoms with E-state index in [0.717, 1.165) is 11.6 Å². The van der Waals surface area contributed by atoms with Gasteiger partial charge in [-0.1, -0.05) is 42.5 Å². The van der Waals surface area contributed by atoms with Crippen LogP contribution in [0.2, 0.25) is 0 Å². The van der Waals surface area contributed by atoms with E-state index in [2.05, 4.69) is 4.84 Å². The molecule has 98 valence electrons. The minimum Gasteiger partial charge on any atom is -0.477 e. The Labute approximate surface area is 107 Å². The van der Waals surface area contributed by atoms with E-state index in [1.807, 2.05) is 6.07 Å². The molecule has 0 saturated carbocycles. The molecular formula is C12H9NO6. The van der Waals surface area contributed by atoms with Gasteiger partial charge in [0, 0.05) is 0 Å². The van der Waals surface area contributed by atoms with Crippen molar-refractivity contribution >= 4 is 18.0 Å². The van der Waals surface area contributed by atoms with Gasteiger partial charge in [0.25, 0.3) is 0 Å². The molecule has 1 rings (SSSR count). The fourth-order valence-electron chi connectivity index (χ4n) is 1.16. The molecule has 19 heavy (non-hydrogen) atoms. The number of rotatable bonds is 5. The van der Waals surface area contributed by atoms with Crippen molar-refractivity contribution < 1.29 is 24.6 Å². The third-order valence-corrected chi connectivity index (χ3v) is 1.96. The maximum Gasteiger partial charge on any atom is 0.341 e. The Morgan fingerprint density at radius 1 is 1.26 bits per heavy atom. The summed E-state index contributed by atoms with van der Waals surface area (Å²) in [7, 11) is 0. The van der Waals surface area contributed by atoms with Crippen LogP contribution in [0.1, 0.15) is 5.56 Å². The molecule has 0 heterocycles. The van der Waals surface area contributed by atoms with E-state index in [0.29, 0.717) is 0 Å². The van der Waals surface area contributed by atoms with E-state index in [-0.39, 0.29) is 0 Å². The van der Waals surface area contributed by atoms with Crippen LogP contribution >= 0.6 is 0 Å². The Hall–Kier alpha value is -2.96. The highest BCUT2D eigenvalue weighted by atomic mass is 17.0. The highest BCUT2D eigenvalue weighted by Gasteiger charge is 2.20. The van der Waals surface area contributed by atoms with Gasteiger partial charge in [0.05, 0.1) is 0 Å². The molecule has 0 bridgehead atoms. The van der Waals surface area contributed by atoms with Crippen LogP contribution in [0.3, 0.4) is 0 Å². The number of carbonyl (C=O) groups excluding carboxylic acids is 1. The van der Waals surface area contributed by atoms with E-state index in [1.165, 1.54) is 6.08 Å². The average molecular weight is 263 g/mol. The molecule has 0 aromatic heterocycles. The maximum absolute atomic E-state index is 11.1. The van der Waals surface area contributed by atoms with Gasteiger partial charge in [-0.3, -0.25) is 4.79 Å². The first-order valence-corrected chi connectivity index (χ1v) is 5.04. The van der Waals surface area contributed by atoms with Gasteiger partial charge in [0.15, 0.2) is 0 Å². The van der Waals surface area contributed by atoms with Crippen LogP contribution in [0.4, 0.5) is 0 Å². The van der Waals surface area contributed by atoms with Crippen LogP contribution in [0.25, 0.3) is 6.08 Å². The zero-order valence-electron chi connectivity index (χ0n) is 9.55. The Kier molecular flexibility index (Phi) is 4.97. The quantitative estimate of drug-likeness (QED) is 0.215. The van der Waals surface area contributed by atoms with Crippen LogP contribution in [-0.2, 0) is 14.4 Å². The third-order valence-electron chi connectivity index (χ3n) is 1.96. The third kappa shape index (κ3) is 4.82. The Bertz CT molecular complexity index is 547. The van der Waals surface area contributed by atoms with Crippen LogP contribution < -0.4 is 0 Å². The lowest BCUT2D eigenvalue weighted by Crippen LogP contribution is -2.18. The predicted octanol–water partition coefficient (Wildman–Crippen LogP) is 1.45. The maximum atomic E-state index is 11.1. The molecule has 7 nitrogen and oxygen atoms in total. The first-order valence-electron chi connectivity index (χ1n) is 5.04. The summed E-state index contributed by atoms with van der Waals surface area (Å²) in [5, 5.41) is 17.3. The molecule has 0 fully saturated rings. The number of carbonyl (C=O) groups is 2. The van der Waals surface area contributed by atoms with Gasteiger partial charge < -0.3 is 5.11 Å². The summed E-state index contributed by atoms with van der Waals surface area (Å²) in [6.07, 6.45) is 3.77. The molecule has 1 N–H and O–H groups in total. The Morgan fingerprint density at radius 3 is 2.42 bits per heavy atom. The molecule has 0 amide bonds. The summed E-state index contributed by atoms with van der Waals surface area (Å²) in [6, 6.07) is 8.90. The second kappa shape index (κ2) is 6.70. The molecule has 0 aliphatic rings. The van der Waals surface area contributed by atoms with E-state index in [9.17, 15) is 19.7 Å². The summed E-state index contributed by atoms with van der Waals surface area (Å²) in [5.74, 6) is -3.14. The van der Waals surface area contributed by atoms with Crippen molar-refractivity contribution in [1.29, 1.82) is 0 Å². The summed E-state index contributed by atoms with van der Waals surface area (Å²) >= 11 is 0. The Morgan fingerprint density at radius 2 is 1.89 bits per heavy atom. The number of aliphatic carboxylic acids is 1. The molecule has 0 saturated heterocycles. The highest BCUT2D eigenvalue weighted by Crippen LogP contribution is 2.04. The molecular weight excluding hydrogens is 254 g/mol. The molecule has 0 aliphatic carbocycles. The van der Waals surface area contributed by atoms with Crippen molar-refractivity contribution in [2.45, 2.75) is 0 Å². The number of hydrogen-bond acceptors (Lipinski definition) is 5. The fraction of sp³-hybridized carbons (Fsp3) is 0. The standard InChI is InChI=1S/C12H9NO6/c14-11(15)10(12(16)19-13(17)18)8-4-7-9-5-2-1-3-6-9/h1-8H,(H,14,15). The second-order valence-corrected chi connectivity index (χ2v) is 3.26. The lowest BCUT2D eigenvalue weighted by atomic mass is 10.2. The van der Waals surface area contributed by atoms with Crippen LogP contribution in [0.5, 0.6) is 0 Å². The van der Waals surface area contributed by atoms with Crippen molar-refractivity contribution in [3.05, 3.63) is 63.7 Å². The topological polar surface area (TPSA) is 107 Å². The largest absolute Gasteiger partial charge is 0.477 e. The second-order valence-electron chi connectivity index (χ2n) is 3.26. The summed E-state index contributed by atoms with van der Waals surface area (Å²) in [6.45, 7) is 0. The first-order chi connectivity index (χ1) is 9.00. The van der Waals surface area contributed by atoms with E-state index in [4.69, 9.17) is 5.11 Å². The molecule has 0 atom stereocenters. The first kappa shape index (κ1) is 14.1. The van der Waals surface area contributed by atoms with Gasteiger partial charge >= 0.3 is 17.0 Å². The van der Waals surface area contributed by atoms with E-state index < -0.39 is 22.6 Å². The SMILES string of the molecule is O=C(O)C(=CC=Cc1ccccc1)C(=O)O[N+](=O)[O-]. The molecule has 1 aromatic carbocycles. The number of nitrogens with zero attached hydrogens (tertiary/aromatic N) is 1. The van der Waals surface area contributed by atoms with Crippen molar-refractivity contribution in [3.8, 4) is 0 Å². The highest BCUT2D eigenvalue weighted by molar-refractivity contribution is 6.13. The molecule has 0 unspecified atom stereocenters. The van der Waals surface area contributed by atoms with E-state index in [1.54, 1.807) is 30.3 Å². The van der Waals surface area contributed by atoms with Gasteiger partial charge in [0.1, 0.15) is 5.57 Å². The fourth-order valence-corrected chi connectivity index (χ4v) is 1.16. The minimum atomic E-state index is -1.61. The lowest BCUT2D eigenvalue weighted by Gasteiger charge is -1.97. The monoisotopic (exact) mass is 263 g/mol. The zero-order chi connectivity index (χ0) is 14.3. The minimum absolute atomic E-state index is 0.783. The van der Waals surface area contributed by atoms with Crippen molar-refractivity contribution in [1.82, 2.24) is 0 Å². The lowest BCUT2D eigenvalue weighted by molar-refractivity contribution is -0.728. The number of carboxylic acid groups (broad SMARTS) is 1. The summed E-state index contributed by atoms with van der Waals surface area (Å²) in [5.41, 5.74) is -0.0463. The van der Waals surface area contributed by atoms with Gasteiger partial charge in [-0.25, -0.2) is 9.63 Å². The Balaban J connectivity index is 2.85. The van der Waals surface area contributed by atoms with Gasteiger partial charge in [-0.05, 0) is 11.6 Å². The smallest absolute Gasteiger partial charge is 0.341 e. The number of allylic oxidation sites excluding steroid dienone is 2. The van der Waals surface area contributed by atoms with Crippen molar-refractivity contribution in [2.75, 3.05) is 0 Å². The van der Waals surface area contributed by atoms with Crippen molar-refractivity contribution in [2.24, 2.45) is 0 Å². The predicted molar refractivity (Wildman–Crippen MR) is 64.3 cm³/mol. The van der Waals surface area contributed by atoms with Crippen molar-refractivity contribution in [3.63, 3.8) is 0 Å². The molecule has 1 aromatic rings. The number of hydrogen-bond donors (Lipinski definition) is 1. The molecule has 0 aliphatic heterocycles. The molecule has 0 radical (unpaired) electrons. The van der Waals surface area contributed by atoms with Gasteiger partial charge in [-0.15, -0.1) is 10.1 Å². The van der Waals surface area contributed by atoms with Gasteiger partial charge in [0.2, 0.25) is 0 Å². The molecule has 7 heteroatoms. The summed E-state index contributed by atoms with van der Waals surface area (Å²) < 4.78 is 0. The number of benzene rings is 1. The normalized spacial score (nSPS) is 11.3. The van der Waals surface area contributed by atoms with E-state index >= 15 is 0 Å². The number of carboxylic acids is 1.